The number of carbonyl (C=O) groups excluding carboxylic acids is 2. The molecule has 0 aliphatic heterocycles. The van der Waals surface area contributed by atoms with Crippen molar-refractivity contribution in [3.63, 3.8) is 0 Å². The van der Waals surface area contributed by atoms with Gasteiger partial charge in [-0.25, -0.2) is 4.98 Å². The van der Waals surface area contributed by atoms with Crippen LogP contribution in [0, 0.1) is 0 Å². The van der Waals surface area contributed by atoms with Gasteiger partial charge in [0.2, 0.25) is 0 Å². The second kappa shape index (κ2) is 5.92. The number of aromatic nitrogens is 2. The Morgan fingerprint density at radius 3 is 2.57 bits per heavy atom. The summed E-state index contributed by atoms with van der Waals surface area (Å²) in [4.78, 5) is 28.1. The van der Waals surface area contributed by atoms with Gasteiger partial charge in [0.15, 0.2) is 5.82 Å². The van der Waals surface area contributed by atoms with Crippen LogP contribution in [0.25, 0.3) is 11.0 Å². The summed E-state index contributed by atoms with van der Waals surface area (Å²) >= 11 is 0. The highest BCUT2D eigenvalue weighted by Crippen LogP contribution is 2.19. The van der Waals surface area contributed by atoms with E-state index in [0.717, 1.165) is 5.56 Å². The number of rotatable bonds is 4. The molecule has 0 saturated carbocycles. The van der Waals surface area contributed by atoms with E-state index in [0.29, 0.717) is 23.1 Å². The van der Waals surface area contributed by atoms with Crippen LogP contribution < -0.4 is 11.1 Å². The summed E-state index contributed by atoms with van der Waals surface area (Å²) in [5.74, 6) is -0.740. The molecule has 2 amide bonds. The Morgan fingerprint density at radius 1 is 1.13 bits per heavy atom. The van der Waals surface area contributed by atoms with Crippen molar-refractivity contribution < 1.29 is 9.59 Å². The lowest BCUT2D eigenvalue weighted by atomic mass is 10.1. The van der Waals surface area contributed by atoms with Crippen molar-refractivity contribution in [2.45, 2.75) is 6.54 Å². The lowest BCUT2D eigenvalue weighted by molar-refractivity contribution is 0.0950. The minimum absolute atomic E-state index is 0.128. The molecule has 0 atom stereocenters. The van der Waals surface area contributed by atoms with Crippen molar-refractivity contribution in [1.82, 2.24) is 14.9 Å². The van der Waals surface area contributed by atoms with E-state index in [1.165, 1.54) is 0 Å². The minimum Gasteiger partial charge on any atom is -0.363 e. The third-order valence-corrected chi connectivity index (χ3v) is 3.67. The van der Waals surface area contributed by atoms with Crippen LogP contribution in [0.2, 0.25) is 0 Å². The fourth-order valence-electron chi connectivity index (χ4n) is 2.49. The van der Waals surface area contributed by atoms with Crippen molar-refractivity contribution in [3.05, 3.63) is 65.5 Å². The first-order chi connectivity index (χ1) is 11.1. The summed E-state index contributed by atoms with van der Waals surface area (Å²) in [5.41, 5.74) is 7.89. The van der Waals surface area contributed by atoms with Crippen LogP contribution in [0.3, 0.4) is 0 Å². The van der Waals surface area contributed by atoms with E-state index in [9.17, 15) is 9.59 Å². The molecule has 1 aromatic heterocycles. The van der Waals surface area contributed by atoms with Gasteiger partial charge in [-0.15, -0.1) is 0 Å². The van der Waals surface area contributed by atoms with Gasteiger partial charge in [0.25, 0.3) is 11.8 Å². The topological polar surface area (TPSA) is 90.0 Å². The van der Waals surface area contributed by atoms with Gasteiger partial charge in [-0.2, -0.15) is 0 Å². The molecule has 0 spiro atoms. The van der Waals surface area contributed by atoms with Gasteiger partial charge in [0.1, 0.15) is 5.52 Å². The van der Waals surface area contributed by atoms with Crippen LogP contribution in [0.1, 0.15) is 26.5 Å². The number of para-hydroxylation sites is 1. The van der Waals surface area contributed by atoms with E-state index in [-0.39, 0.29) is 11.7 Å². The normalized spacial score (nSPS) is 10.7. The lowest BCUT2D eigenvalue weighted by Crippen LogP contribution is -2.23. The summed E-state index contributed by atoms with van der Waals surface area (Å²) in [7, 11) is 1.70. The number of benzene rings is 2. The monoisotopic (exact) mass is 308 g/mol. The van der Waals surface area contributed by atoms with Crippen LogP contribution in [0.4, 0.5) is 0 Å². The molecule has 0 bridgehead atoms. The number of nitrogens with two attached hydrogens (primary N) is 1. The fraction of sp³-hybridized carbons (Fsp3) is 0.118. The number of primary amides is 1. The molecule has 0 radical (unpaired) electrons. The second-order valence-electron chi connectivity index (χ2n) is 5.20. The quantitative estimate of drug-likeness (QED) is 0.767. The molecule has 0 fully saturated rings. The maximum absolute atomic E-state index is 12.4. The lowest BCUT2D eigenvalue weighted by Gasteiger charge is -2.06. The molecule has 0 aliphatic rings. The van der Waals surface area contributed by atoms with Crippen molar-refractivity contribution in [1.29, 1.82) is 0 Å². The maximum Gasteiger partial charge on any atom is 0.284 e. The summed E-state index contributed by atoms with van der Waals surface area (Å²) in [6.45, 7) is 0.422. The third-order valence-electron chi connectivity index (χ3n) is 3.67. The number of nitrogens with zero attached hydrogens (tertiary/aromatic N) is 2. The summed E-state index contributed by atoms with van der Waals surface area (Å²) in [6, 6.07) is 14.9. The molecule has 0 unspecified atom stereocenters. The number of amides is 2. The number of carbonyl (C=O) groups is 2. The first-order valence-electron chi connectivity index (χ1n) is 7.15. The van der Waals surface area contributed by atoms with Gasteiger partial charge in [0, 0.05) is 13.6 Å². The smallest absolute Gasteiger partial charge is 0.284 e. The Labute approximate surface area is 132 Å². The Balaban J connectivity index is 1.91. The van der Waals surface area contributed by atoms with Gasteiger partial charge >= 0.3 is 0 Å². The first-order valence-corrected chi connectivity index (χ1v) is 7.15. The minimum atomic E-state index is -0.626. The van der Waals surface area contributed by atoms with Crippen LogP contribution in [0.15, 0.2) is 48.5 Å². The zero-order chi connectivity index (χ0) is 16.4. The highest BCUT2D eigenvalue weighted by molar-refractivity contribution is 6.06. The van der Waals surface area contributed by atoms with Crippen molar-refractivity contribution in [2.75, 3.05) is 0 Å². The van der Waals surface area contributed by atoms with Crippen LogP contribution >= 0.6 is 0 Å². The Hall–Kier alpha value is -3.15. The molecular weight excluding hydrogens is 292 g/mol. The Morgan fingerprint density at radius 2 is 1.87 bits per heavy atom. The van der Waals surface area contributed by atoms with Gasteiger partial charge in [-0.1, -0.05) is 36.4 Å². The standard InChI is InChI=1S/C17H16N4O2/c1-21-13-9-5-8-12(14(13)20-16(21)15(18)22)17(23)19-10-11-6-3-2-4-7-11/h2-9H,10H2,1H3,(H2,18,22)(H,19,23). The molecule has 6 nitrogen and oxygen atoms in total. The number of hydrogen-bond donors (Lipinski definition) is 2. The zero-order valence-corrected chi connectivity index (χ0v) is 12.6. The third kappa shape index (κ3) is 2.78. The Kier molecular flexibility index (Phi) is 3.80. The van der Waals surface area contributed by atoms with Crippen molar-refractivity contribution in [2.24, 2.45) is 12.8 Å². The summed E-state index contributed by atoms with van der Waals surface area (Å²) in [6.07, 6.45) is 0. The molecule has 2 aromatic carbocycles. The molecule has 3 rings (SSSR count). The number of aryl methyl sites for hydroxylation is 1. The van der Waals surface area contributed by atoms with Crippen LogP contribution in [0.5, 0.6) is 0 Å². The SMILES string of the molecule is Cn1c(C(N)=O)nc2c(C(=O)NCc3ccccc3)cccc21. The van der Waals surface area contributed by atoms with Crippen LogP contribution in [-0.2, 0) is 13.6 Å². The Bertz CT molecular complexity index is 884. The molecule has 3 aromatic rings. The molecule has 3 N–H and O–H groups in total. The molecule has 0 saturated heterocycles. The van der Waals surface area contributed by atoms with E-state index >= 15 is 0 Å². The average Bonchev–Trinajstić information content (AvgIpc) is 2.91. The second-order valence-corrected chi connectivity index (χ2v) is 5.20. The van der Waals surface area contributed by atoms with Gasteiger partial charge in [-0.3, -0.25) is 9.59 Å². The number of imidazole rings is 1. The van der Waals surface area contributed by atoms with E-state index in [1.54, 1.807) is 29.8 Å². The van der Waals surface area contributed by atoms with Gasteiger partial charge in [-0.05, 0) is 17.7 Å². The van der Waals surface area contributed by atoms with E-state index in [1.807, 2.05) is 30.3 Å². The maximum atomic E-state index is 12.4. The van der Waals surface area contributed by atoms with E-state index in [2.05, 4.69) is 10.3 Å². The molecule has 1 heterocycles. The summed E-state index contributed by atoms with van der Waals surface area (Å²) in [5, 5.41) is 2.86. The van der Waals surface area contributed by atoms with E-state index < -0.39 is 5.91 Å². The highest BCUT2D eigenvalue weighted by Gasteiger charge is 2.18. The largest absolute Gasteiger partial charge is 0.363 e. The molecule has 116 valence electrons. The van der Waals surface area contributed by atoms with Crippen molar-refractivity contribution in [3.8, 4) is 0 Å². The van der Waals surface area contributed by atoms with E-state index in [4.69, 9.17) is 5.73 Å². The molecule has 0 aliphatic carbocycles. The highest BCUT2D eigenvalue weighted by atomic mass is 16.2. The first kappa shape index (κ1) is 14.8. The van der Waals surface area contributed by atoms with Crippen molar-refractivity contribution >= 4 is 22.8 Å². The number of nitrogens with one attached hydrogen (secondary N) is 1. The predicted octanol–water partition coefficient (Wildman–Crippen LogP) is 1.60. The zero-order valence-electron chi connectivity index (χ0n) is 12.6. The summed E-state index contributed by atoms with van der Waals surface area (Å²) < 4.78 is 1.59. The molecular formula is C17H16N4O2. The van der Waals surface area contributed by atoms with Crippen LogP contribution in [-0.4, -0.2) is 21.4 Å². The molecule has 23 heavy (non-hydrogen) atoms. The van der Waals surface area contributed by atoms with Gasteiger partial charge in [0.05, 0.1) is 11.1 Å². The molecule has 6 heteroatoms. The number of hydrogen-bond acceptors (Lipinski definition) is 3. The average molecular weight is 308 g/mol. The van der Waals surface area contributed by atoms with Gasteiger partial charge < -0.3 is 15.6 Å². The fourth-order valence-corrected chi connectivity index (χ4v) is 2.49. The predicted molar refractivity (Wildman–Crippen MR) is 86.8 cm³/mol. The number of fused-ring (bicyclic) bond motifs is 1.